The molecule has 0 saturated carbocycles. The van der Waals surface area contributed by atoms with Crippen LogP contribution in [0.15, 0.2) is 53.4 Å². The van der Waals surface area contributed by atoms with Crippen molar-refractivity contribution in [3.8, 4) is 5.75 Å². The first-order valence-corrected chi connectivity index (χ1v) is 5.89. The summed E-state index contributed by atoms with van der Waals surface area (Å²) in [4.78, 5) is 0.976. The third kappa shape index (κ3) is 3.00. The summed E-state index contributed by atoms with van der Waals surface area (Å²) in [5, 5.41) is 9.28. The van der Waals surface area contributed by atoms with Crippen molar-refractivity contribution in [1.82, 2.24) is 0 Å². The van der Waals surface area contributed by atoms with Gasteiger partial charge >= 0.3 is 0 Å². The molecule has 0 aliphatic carbocycles. The number of benzene rings is 2. The van der Waals surface area contributed by atoms with Gasteiger partial charge in [0.2, 0.25) is 0 Å². The van der Waals surface area contributed by atoms with Gasteiger partial charge < -0.3 is 5.11 Å². The maximum atomic E-state index is 12.9. The second-order valence-corrected chi connectivity index (χ2v) is 4.46. The minimum absolute atomic E-state index is 0.214. The first kappa shape index (κ1) is 11.0. The lowest BCUT2D eigenvalue weighted by Gasteiger charge is -2.02. The Labute approximate surface area is 97.9 Å². The molecule has 1 N–H and O–H groups in total. The van der Waals surface area contributed by atoms with Crippen molar-refractivity contribution < 1.29 is 9.50 Å². The average molecular weight is 234 g/mol. The minimum atomic E-state index is -0.214. The van der Waals surface area contributed by atoms with Gasteiger partial charge in [-0.25, -0.2) is 4.39 Å². The number of hydrogen-bond donors (Lipinski definition) is 1. The zero-order valence-electron chi connectivity index (χ0n) is 8.56. The highest BCUT2D eigenvalue weighted by atomic mass is 32.2. The summed E-state index contributed by atoms with van der Waals surface area (Å²) in [5.41, 5.74) is 0.938. The van der Waals surface area contributed by atoms with Crippen molar-refractivity contribution in [1.29, 1.82) is 0 Å². The highest BCUT2D eigenvalue weighted by molar-refractivity contribution is 7.98. The number of phenolic OH excluding ortho intramolecular Hbond substituents is 1. The molecule has 3 heteroatoms. The van der Waals surface area contributed by atoms with Gasteiger partial charge in [0.15, 0.2) is 0 Å². The van der Waals surface area contributed by atoms with Crippen LogP contribution in [0.1, 0.15) is 5.56 Å². The number of phenols is 1. The van der Waals surface area contributed by atoms with E-state index in [9.17, 15) is 9.50 Å². The Balaban J connectivity index is 2.02. The Kier molecular flexibility index (Phi) is 3.47. The summed E-state index contributed by atoms with van der Waals surface area (Å²) < 4.78 is 12.9. The first-order chi connectivity index (χ1) is 7.74. The monoisotopic (exact) mass is 234 g/mol. The van der Waals surface area contributed by atoms with Gasteiger partial charge in [-0.15, -0.1) is 11.8 Å². The Bertz CT molecular complexity index is 439. The topological polar surface area (TPSA) is 20.2 Å². The van der Waals surface area contributed by atoms with Gasteiger partial charge in [-0.1, -0.05) is 18.2 Å². The van der Waals surface area contributed by atoms with E-state index in [0.29, 0.717) is 5.75 Å². The molecule has 1 nitrogen and oxygen atoms in total. The van der Waals surface area contributed by atoms with Crippen molar-refractivity contribution in [3.05, 3.63) is 59.9 Å². The fraction of sp³-hybridized carbons (Fsp3) is 0.0769. The number of halogens is 1. The van der Waals surface area contributed by atoms with Crippen LogP contribution >= 0.6 is 11.8 Å². The van der Waals surface area contributed by atoms with Gasteiger partial charge in [-0.05, 0) is 35.9 Å². The van der Waals surface area contributed by atoms with E-state index in [-0.39, 0.29) is 11.6 Å². The molecule has 2 aromatic carbocycles. The van der Waals surface area contributed by atoms with Crippen molar-refractivity contribution in [2.24, 2.45) is 0 Å². The van der Waals surface area contributed by atoms with Crippen molar-refractivity contribution in [2.45, 2.75) is 10.6 Å². The second-order valence-electron chi connectivity index (χ2n) is 3.42. The molecule has 16 heavy (non-hydrogen) atoms. The van der Waals surface area contributed by atoms with E-state index in [4.69, 9.17) is 0 Å². The fourth-order valence-electron chi connectivity index (χ4n) is 1.37. The lowest BCUT2D eigenvalue weighted by molar-refractivity contribution is 0.474. The summed E-state index contributed by atoms with van der Waals surface area (Å²) in [5.74, 6) is 0.736. The standard InChI is InChI=1S/C13H11FOS/c14-11-4-1-3-10(7-11)9-16-13-6-2-5-12(15)8-13/h1-8,15H,9H2. The maximum Gasteiger partial charge on any atom is 0.123 e. The Morgan fingerprint density at radius 1 is 1.06 bits per heavy atom. The predicted molar refractivity (Wildman–Crippen MR) is 64.1 cm³/mol. The van der Waals surface area contributed by atoms with Gasteiger partial charge in [0.25, 0.3) is 0 Å². The normalized spacial score (nSPS) is 10.3. The minimum Gasteiger partial charge on any atom is -0.508 e. The molecule has 0 bridgehead atoms. The van der Waals surface area contributed by atoms with Crippen LogP contribution in [0.2, 0.25) is 0 Å². The van der Waals surface area contributed by atoms with E-state index in [1.54, 1.807) is 36.0 Å². The molecule has 0 radical (unpaired) electrons. The smallest absolute Gasteiger partial charge is 0.123 e. The second kappa shape index (κ2) is 5.03. The van der Waals surface area contributed by atoms with Crippen LogP contribution in [-0.2, 0) is 5.75 Å². The van der Waals surface area contributed by atoms with Crippen molar-refractivity contribution >= 4 is 11.8 Å². The van der Waals surface area contributed by atoms with E-state index in [1.165, 1.54) is 12.1 Å². The predicted octanol–water partition coefficient (Wildman–Crippen LogP) is 3.82. The van der Waals surface area contributed by atoms with E-state index in [1.807, 2.05) is 12.1 Å². The molecule has 0 aliphatic heterocycles. The van der Waals surface area contributed by atoms with Crippen molar-refractivity contribution in [2.75, 3.05) is 0 Å². The zero-order valence-corrected chi connectivity index (χ0v) is 9.38. The number of aromatic hydroxyl groups is 1. The van der Waals surface area contributed by atoms with E-state index >= 15 is 0 Å². The summed E-state index contributed by atoms with van der Waals surface area (Å²) in [7, 11) is 0. The van der Waals surface area contributed by atoms with Gasteiger partial charge in [-0.3, -0.25) is 0 Å². The zero-order chi connectivity index (χ0) is 11.4. The Hall–Kier alpha value is -1.48. The molecule has 82 valence electrons. The third-order valence-electron chi connectivity index (χ3n) is 2.11. The maximum absolute atomic E-state index is 12.9. The molecule has 0 fully saturated rings. The molecule has 0 aromatic heterocycles. The molecule has 2 aromatic rings. The summed E-state index contributed by atoms with van der Waals surface area (Å²) in [6.07, 6.45) is 0. The highest BCUT2D eigenvalue weighted by Crippen LogP contribution is 2.25. The molecule has 0 spiro atoms. The SMILES string of the molecule is Oc1cccc(SCc2cccc(F)c2)c1. The number of thioether (sulfide) groups is 1. The number of rotatable bonds is 3. The lowest BCUT2D eigenvalue weighted by Crippen LogP contribution is -1.82. The summed E-state index contributed by atoms with van der Waals surface area (Å²) >= 11 is 1.57. The Morgan fingerprint density at radius 3 is 2.62 bits per heavy atom. The summed E-state index contributed by atoms with van der Waals surface area (Å²) in [6.45, 7) is 0. The van der Waals surface area contributed by atoms with E-state index < -0.39 is 0 Å². The molecule has 0 atom stereocenters. The lowest BCUT2D eigenvalue weighted by atomic mass is 10.2. The molecule has 0 saturated heterocycles. The molecule has 0 aliphatic rings. The van der Waals surface area contributed by atoms with Gasteiger partial charge in [0, 0.05) is 10.6 Å². The molecule has 0 amide bonds. The fourth-order valence-corrected chi connectivity index (χ4v) is 2.26. The first-order valence-electron chi connectivity index (χ1n) is 4.90. The summed E-state index contributed by atoms with van der Waals surface area (Å²) in [6, 6.07) is 13.6. The Morgan fingerprint density at radius 2 is 1.88 bits per heavy atom. The van der Waals surface area contributed by atoms with E-state index in [2.05, 4.69) is 0 Å². The van der Waals surface area contributed by atoms with E-state index in [0.717, 1.165) is 10.5 Å². The van der Waals surface area contributed by atoms with Crippen LogP contribution < -0.4 is 0 Å². The average Bonchev–Trinajstić information content (AvgIpc) is 2.27. The van der Waals surface area contributed by atoms with Crippen LogP contribution in [0.3, 0.4) is 0 Å². The van der Waals surface area contributed by atoms with Gasteiger partial charge in [0.1, 0.15) is 11.6 Å². The molecular formula is C13H11FOS. The molecule has 0 unspecified atom stereocenters. The quantitative estimate of drug-likeness (QED) is 0.815. The highest BCUT2D eigenvalue weighted by Gasteiger charge is 1.98. The largest absolute Gasteiger partial charge is 0.508 e. The van der Waals surface area contributed by atoms with Crippen LogP contribution in [0.4, 0.5) is 4.39 Å². The van der Waals surface area contributed by atoms with Crippen molar-refractivity contribution in [3.63, 3.8) is 0 Å². The number of hydrogen-bond acceptors (Lipinski definition) is 2. The third-order valence-corrected chi connectivity index (χ3v) is 3.18. The van der Waals surface area contributed by atoms with Crippen LogP contribution in [-0.4, -0.2) is 5.11 Å². The molecule has 2 rings (SSSR count). The van der Waals surface area contributed by atoms with Crippen LogP contribution in [0.5, 0.6) is 5.75 Å². The molecule has 0 heterocycles. The van der Waals surface area contributed by atoms with Crippen LogP contribution in [0, 0.1) is 5.82 Å². The van der Waals surface area contributed by atoms with Gasteiger partial charge in [0.05, 0.1) is 0 Å². The van der Waals surface area contributed by atoms with Crippen LogP contribution in [0.25, 0.3) is 0 Å². The molecular weight excluding hydrogens is 223 g/mol. The van der Waals surface area contributed by atoms with Gasteiger partial charge in [-0.2, -0.15) is 0 Å².